The van der Waals surface area contributed by atoms with Crippen molar-refractivity contribution in [3.63, 3.8) is 0 Å². The van der Waals surface area contributed by atoms with E-state index in [0.29, 0.717) is 0 Å². The Hall–Kier alpha value is -0.830. The highest BCUT2D eigenvalue weighted by Gasteiger charge is 2.26. The van der Waals surface area contributed by atoms with Gasteiger partial charge in [0.15, 0.2) is 0 Å². The molecule has 2 unspecified atom stereocenters. The van der Waals surface area contributed by atoms with Crippen LogP contribution in [0.2, 0.25) is 0 Å². The van der Waals surface area contributed by atoms with Gasteiger partial charge in [-0.3, -0.25) is 4.79 Å². The lowest BCUT2D eigenvalue weighted by atomic mass is 9.88. The van der Waals surface area contributed by atoms with Crippen molar-refractivity contribution in [1.29, 1.82) is 0 Å². The molecule has 0 fully saturated rings. The van der Waals surface area contributed by atoms with E-state index in [4.69, 9.17) is 0 Å². The zero-order valence-electron chi connectivity index (χ0n) is 19.3. The first-order valence-electron chi connectivity index (χ1n) is 12.8. The van der Waals surface area contributed by atoms with Crippen molar-refractivity contribution in [2.45, 2.75) is 129 Å². The predicted octanol–water partition coefficient (Wildman–Crippen LogP) is 7.03. The van der Waals surface area contributed by atoms with Crippen LogP contribution in [0.4, 0.5) is 0 Å². The summed E-state index contributed by atoms with van der Waals surface area (Å²) in [6, 6.07) is 0.193. The number of rotatable bonds is 20. The summed E-state index contributed by atoms with van der Waals surface area (Å²) in [5.41, 5.74) is 0. The van der Waals surface area contributed by atoms with Gasteiger partial charge < -0.3 is 10.0 Å². The second-order valence-corrected chi connectivity index (χ2v) is 9.10. The molecule has 170 valence electrons. The number of hydrogen-bond acceptors (Lipinski definition) is 2. The van der Waals surface area contributed by atoms with Gasteiger partial charge in [0.25, 0.3) is 0 Å². The molecule has 3 heteroatoms. The first-order valence-corrected chi connectivity index (χ1v) is 12.8. The quantitative estimate of drug-likeness (QED) is 0.134. The topological polar surface area (TPSA) is 40.5 Å². The Balaban J connectivity index is 1.88. The van der Waals surface area contributed by atoms with Gasteiger partial charge in [-0.05, 0) is 19.3 Å². The minimum Gasteiger partial charge on any atom is -0.396 e. The molecule has 1 N–H and O–H groups in total. The first-order chi connectivity index (χ1) is 14.3. The monoisotopic (exact) mass is 407 g/mol. The van der Waals surface area contributed by atoms with Crippen LogP contribution in [0, 0.1) is 5.92 Å². The molecule has 1 aliphatic carbocycles. The number of aliphatic hydroxyl groups is 1. The van der Waals surface area contributed by atoms with Crippen LogP contribution in [0.3, 0.4) is 0 Å². The molecule has 0 saturated heterocycles. The number of unbranched alkanes of at least 4 members (excludes halogenated alkanes) is 15. The predicted molar refractivity (Wildman–Crippen MR) is 125 cm³/mol. The molecule has 0 spiro atoms. The zero-order valence-corrected chi connectivity index (χ0v) is 19.3. The number of hydrogen-bond donors (Lipinski definition) is 1. The number of allylic oxidation sites excluding steroid dienone is 1. The van der Waals surface area contributed by atoms with Crippen LogP contribution in [0.25, 0.3) is 0 Å². The molecule has 1 rings (SSSR count). The average molecular weight is 408 g/mol. The summed E-state index contributed by atoms with van der Waals surface area (Å²) in [5, 5.41) is 9.54. The maximum atomic E-state index is 11.5. The molecule has 1 aliphatic rings. The molecule has 29 heavy (non-hydrogen) atoms. The molecule has 0 aromatic heterocycles. The summed E-state index contributed by atoms with van der Waals surface area (Å²) < 4.78 is 0. The van der Waals surface area contributed by atoms with E-state index < -0.39 is 0 Å². The summed E-state index contributed by atoms with van der Waals surface area (Å²) in [6.45, 7) is 3.31. The number of aliphatic hydroxyl groups excluding tert-OH is 1. The van der Waals surface area contributed by atoms with Gasteiger partial charge in [-0.25, -0.2) is 0 Å². The van der Waals surface area contributed by atoms with Gasteiger partial charge in [0.1, 0.15) is 0 Å². The van der Waals surface area contributed by atoms with Crippen molar-refractivity contribution in [2.24, 2.45) is 5.92 Å². The molecule has 0 aromatic carbocycles. The van der Waals surface area contributed by atoms with Gasteiger partial charge in [-0.1, -0.05) is 115 Å². The number of carbonyl (C=O) groups is 1. The summed E-state index contributed by atoms with van der Waals surface area (Å²) >= 11 is 0. The van der Waals surface area contributed by atoms with Crippen LogP contribution in [-0.4, -0.2) is 35.6 Å². The first kappa shape index (κ1) is 26.2. The average Bonchev–Trinajstić information content (AvgIpc) is 2.76. The van der Waals surface area contributed by atoms with E-state index >= 15 is 0 Å². The lowest BCUT2D eigenvalue weighted by Gasteiger charge is -2.35. The Bertz CT molecular complexity index is 396. The Morgan fingerprint density at radius 2 is 1.21 bits per heavy atom. The lowest BCUT2D eigenvalue weighted by molar-refractivity contribution is -0.121. The van der Waals surface area contributed by atoms with E-state index in [1.165, 1.54) is 96.3 Å². The number of carbonyl (C=O) groups excluding carboxylic acids is 1. The van der Waals surface area contributed by atoms with Crippen LogP contribution in [0.15, 0.2) is 12.2 Å². The highest BCUT2D eigenvalue weighted by Crippen LogP contribution is 2.23. The maximum Gasteiger partial charge on any atom is 0.209 e. The van der Waals surface area contributed by atoms with Crippen molar-refractivity contribution < 1.29 is 9.90 Å². The third-order valence-corrected chi connectivity index (χ3v) is 6.59. The van der Waals surface area contributed by atoms with Gasteiger partial charge in [0.05, 0.1) is 0 Å². The third-order valence-electron chi connectivity index (χ3n) is 6.59. The Kier molecular flexibility index (Phi) is 17.3. The van der Waals surface area contributed by atoms with E-state index in [1.54, 1.807) is 0 Å². The molecule has 0 bridgehead atoms. The summed E-state index contributed by atoms with van der Waals surface area (Å²) in [5.74, 6) is 0.214. The highest BCUT2D eigenvalue weighted by atomic mass is 16.3. The number of amides is 1. The highest BCUT2D eigenvalue weighted by molar-refractivity contribution is 5.48. The molecular weight excluding hydrogens is 358 g/mol. The van der Waals surface area contributed by atoms with Crippen LogP contribution < -0.4 is 0 Å². The zero-order chi connectivity index (χ0) is 21.0. The fourth-order valence-corrected chi connectivity index (χ4v) is 4.60. The Labute approximate surface area is 181 Å². The van der Waals surface area contributed by atoms with Gasteiger partial charge in [0.2, 0.25) is 6.41 Å². The summed E-state index contributed by atoms with van der Waals surface area (Å²) in [6.07, 6.45) is 29.0. The second-order valence-electron chi connectivity index (χ2n) is 9.10. The van der Waals surface area contributed by atoms with Crippen molar-refractivity contribution >= 4 is 6.41 Å². The smallest absolute Gasteiger partial charge is 0.209 e. The van der Waals surface area contributed by atoms with Crippen LogP contribution in [0.5, 0.6) is 0 Å². The van der Waals surface area contributed by atoms with Gasteiger partial charge >= 0.3 is 0 Å². The Morgan fingerprint density at radius 3 is 1.66 bits per heavy atom. The van der Waals surface area contributed by atoms with E-state index in [1.807, 2.05) is 4.90 Å². The van der Waals surface area contributed by atoms with Gasteiger partial charge in [-0.2, -0.15) is 0 Å². The van der Waals surface area contributed by atoms with Crippen molar-refractivity contribution in [2.75, 3.05) is 13.2 Å². The molecular formula is C26H49NO2. The standard InChI is InChI=1S/C26H49NO2/c1-2-3-4-5-6-7-8-9-10-11-12-13-14-15-16-19-22-27(24-29)26-21-18-17-20-25(26)23-28/h17-18,24-26,28H,2-16,19-23H2,1H3. The molecule has 0 saturated carbocycles. The van der Waals surface area contributed by atoms with Crippen LogP contribution >= 0.6 is 0 Å². The molecule has 0 radical (unpaired) electrons. The summed E-state index contributed by atoms with van der Waals surface area (Å²) in [4.78, 5) is 13.4. The minimum absolute atomic E-state index is 0.179. The Morgan fingerprint density at radius 1 is 0.759 bits per heavy atom. The van der Waals surface area contributed by atoms with E-state index in [9.17, 15) is 9.90 Å². The van der Waals surface area contributed by atoms with E-state index in [2.05, 4.69) is 19.1 Å². The second kappa shape index (κ2) is 19.2. The molecule has 2 atom stereocenters. The normalized spacial score (nSPS) is 18.8. The van der Waals surface area contributed by atoms with E-state index in [-0.39, 0.29) is 18.6 Å². The fourth-order valence-electron chi connectivity index (χ4n) is 4.60. The molecule has 1 amide bonds. The van der Waals surface area contributed by atoms with Gasteiger partial charge in [-0.15, -0.1) is 0 Å². The van der Waals surface area contributed by atoms with Gasteiger partial charge in [0, 0.05) is 25.1 Å². The number of nitrogens with zero attached hydrogens (tertiary/aromatic N) is 1. The SMILES string of the molecule is CCCCCCCCCCCCCCCCCCN(C=O)C1CC=CCC1CO. The van der Waals surface area contributed by atoms with E-state index in [0.717, 1.165) is 32.2 Å². The molecule has 3 nitrogen and oxygen atoms in total. The summed E-state index contributed by atoms with van der Waals surface area (Å²) in [7, 11) is 0. The minimum atomic E-state index is 0.179. The largest absolute Gasteiger partial charge is 0.396 e. The third kappa shape index (κ3) is 13.2. The maximum absolute atomic E-state index is 11.5. The lowest BCUT2D eigenvalue weighted by Crippen LogP contribution is -2.42. The fraction of sp³-hybridized carbons (Fsp3) is 0.885. The molecule has 0 heterocycles. The van der Waals surface area contributed by atoms with Crippen molar-refractivity contribution in [3.05, 3.63) is 12.2 Å². The molecule has 0 aromatic rings. The molecule has 0 aliphatic heterocycles. The van der Waals surface area contributed by atoms with Crippen LogP contribution in [0.1, 0.15) is 122 Å². The van der Waals surface area contributed by atoms with Crippen molar-refractivity contribution in [1.82, 2.24) is 4.90 Å². The van der Waals surface area contributed by atoms with Crippen LogP contribution in [-0.2, 0) is 4.79 Å². The van der Waals surface area contributed by atoms with Crippen molar-refractivity contribution in [3.8, 4) is 0 Å².